The van der Waals surface area contributed by atoms with Crippen molar-refractivity contribution in [3.8, 4) is 0 Å². The van der Waals surface area contributed by atoms with Crippen LogP contribution in [0.15, 0.2) is 24.3 Å². The monoisotopic (exact) mass is 216 g/mol. The molecule has 0 fully saturated rings. The molecule has 2 rings (SSSR count). The Morgan fingerprint density at radius 1 is 1.13 bits per heavy atom. The maximum absolute atomic E-state index is 12.6. The van der Waals surface area contributed by atoms with Crippen molar-refractivity contribution in [3.05, 3.63) is 35.4 Å². The summed E-state index contributed by atoms with van der Waals surface area (Å²) < 4.78 is 37.7. The Labute approximate surface area is 85.5 Å². The van der Waals surface area contributed by atoms with Gasteiger partial charge in [0.2, 0.25) is 0 Å². The molecule has 0 saturated carbocycles. The molecule has 1 atom stereocenters. The average Bonchev–Trinajstić information content (AvgIpc) is 2.16. The first-order valence-corrected chi connectivity index (χ1v) is 4.78. The van der Waals surface area contributed by atoms with Gasteiger partial charge < -0.3 is 5.11 Å². The highest BCUT2D eigenvalue weighted by Gasteiger charge is 2.54. The van der Waals surface area contributed by atoms with Crippen molar-refractivity contribution < 1.29 is 18.3 Å². The van der Waals surface area contributed by atoms with Crippen molar-refractivity contribution >= 4 is 0 Å². The molecule has 0 aromatic heterocycles. The molecule has 1 aromatic carbocycles. The second-order valence-electron chi connectivity index (χ2n) is 3.97. The van der Waals surface area contributed by atoms with Gasteiger partial charge in [-0.15, -0.1) is 0 Å². The number of aliphatic hydroxyl groups is 1. The average molecular weight is 216 g/mol. The fraction of sp³-hybridized carbons (Fsp3) is 0.455. The standard InChI is InChI=1S/C11H11F3O/c12-11(13,14)10(15)6-5-8-3-1-2-4-9(8)7-10/h1-4,15H,5-7H2. The molecule has 0 saturated heterocycles. The zero-order valence-corrected chi connectivity index (χ0v) is 8.01. The van der Waals surface area contributed by atoms with Crippen molar-refractivity contribution in [2.75, 3.05) is 0 Å². The normalized spacial score (nSPS) is 26.1. The number of hydrogen-bond donors (Lipinski definition) is 1. The van der Waals surface area contributed by atoms with Crippen molar-refractivity contribution in [2.24, 2.45) is 0 Å². The van der Waals surface area contributed by atoms with E-state index in [1.165, 1.54) is 0 Å². The van der Waals surface area contributed by atoms with Gasteiger partial charge in [-0.05, 0) is 24.0 Å². The minimum Gasteiger partial charge on any atom is -0.380 e. The van der Waals surface area contributed by atoms with Crippen molar-refractivity contribution in [1.82, 2.24) is 0 Å². The predicted molar refractivity (Wildman–Crippen MR) is 49.5 cm³/mol. The SMILES string of the molecule is OC1(C(F)(F)F)CCc2ccccc2C1. The van der Waals surface area contributed by atoms with Gasteiger partial charge in [0.15, 0.2) is 5.60 Å². The highest BCUT2D eigenvalue weighted by molar-refractivity contribution is 5.32. The number of aryl methyl sites for hydroxylation is 1. The fourth-order valence-corrected chi connectivity index (χ4v) is 1.96. The first kappa shape index (κ1) is 10.5. The highest BCUT2D eigenvalue weighted by atomic mass is 19.4. The second kappa shape index (κ2) is 3.23. The largest absolute Gasteiger partial charge is 0.417 e. The van der Waals surface area contributed by atoms with E-state index in [-0.39, 0.29) is 19.3 Å². The van der Waals surface area contributed by atoms with Crippen LogP contribution in [0.2, 0.25) is 0 Å². The molecular formula is C11H11F3O. The minimum atomic E-state index is -4.54. The van der Waals surface area contributed by atoms with E-state index >= 15 is 0 Å². The number of halogens is 3. The van der Waals surface area contributed by atoms with Gasteiger partial charge >= 0.3 is 6.18 Å². The zero-order valence-electron chi connectivity index (χ0n) is 8.01. The summed E-state index contributed by atoms with van der Waals surface area (Å²) in [5, 5.41) is 9.53. The molecule has 4 heteroatoms. The van der Waals surface area contributed by atoms with E-state index in [4.69, 9.17) is 0 Å². The fourth-order valence-electron chi connectivity index (χ4n) is 1.96. The lowest BCUT2D eigenvalue weighted by Crippen LogP contribution is -2.49. The molecule has 0 aliphatic heterocycles. The lowest BCUT2D eigenvalue weighted by molar-refractivity contribution is -0.263. The van der Waals surface area contributed by atoms with E-state index in [1.807, 2.05) is 6.07 Å². The topological polar surface area (TPSA) is 20.2 Å². The quantitative estimate of drug-likeness (QED) is 0.706. The molecule has 1 N–H and O–H groups in total. The number of rotatable bonds is 0. The number of alkyl halides is 3. The summed E-state index contributed by atoms with van der Waals surface area (Å²) in [7, 11) is 0. The molecule has 15 heavy (non-hydrogen) atoms. The summed E-state index contributed by atoms with van der Waals surface area (Å²) in [6.45, 7) is 0. The van der Waals surface area contributed by atoms with E-state index in [9.17, 15) is 18.3 Å². The first-order chi connectivity index (χ1) is 6.92. The molecule has 82 valence electrons. The van der Waals surface area contributed by atoms with Crippen molar-refractivity contribution in [1.29, 1.82) is 0 Å². The van der Waals surface area contributed by atoms with Crippen LogP contribution in [0.5, 0.6) is 0 Å². The molecule has 1 aromatic rings. The summed E-state index contributed by atoms with van der Waals surface area (Å²) in [5.41, 5.74) is -1.03. The predicted octanol–water partition coefficient (Wildman–Crippen LogP) is 2.47. The summed E-state index contributed by atoms with van der Waals surface area (Å²) in [5.74, 6) is 0. The van der Waals surface area contributed by atoms with E-state index in [1.54, 1.807) is 18.2 Å². The smallest absolute Gasteiger partial charge is 0.380 e. The Kier molecular flexibility index (Phi) is 2.26. The van der Waals surface area contributed by atoms with Crippen LogP contribution in [0.1, 0.15) is 17.5 Å². The Hall–Kier alpha value is -1.03. The molecule has 0 radical (unpaired) electrons. The van der Waals surface area contributed by atoms with Crippen LogP contribution in [0.4, 0.5) is 13.2 Å². The van der Waals surface area contributed by atoms with Gasteiger partial charge in [0, 0.05) is 6.42 Å². The molecular weight excluding hydrogens is 205 g/mol. The number of benzene rings is 1. The zero-order chi connectivity index (χ0) is 11.1. The van der Waals surface area contributed by atoms with E-state index < -0.39 is 11.8 Å². The Bertz CT molecular complexity index is 372. The second-order valence-corrected chi connectivity index (χ2v) is 3.97. The molecule has 0 heterocycles. The Balaban J connectivity index is 2.33. The van der Waals surface area contributed by atoms with Crippen LogP contribution in [0.3, 0.4) is 0 Å². The molecule has 0 bridgehead atoms. The summed E-state index contributed by atoms with van der Waals surface area (Å²) in [6, 6.07) is 6.95. The van der Waals surface area contributed by atoms with Gasteiger partial charge in [0.1, 0.15) is 0 Å². The van der Waals surface area contributed by atoms with E-state index in [2.05, 4.69) is 0 Å². The van der Waals surface area contributed by atoms with Crippen LogP contribution in [0.25, 0.3) is 0 Å². The van der Waals surface area contributed by atoms with Crippen molar-refractivity contribution in [3.63, 3.8) is 0 Å². The van der Waals surface area contributed by atoms with Crippen LogP contribution >= 0.6 is 0 Å². The van der Waals surface area contributed by atoms with Gasteiger partial charge in [-0.25, -0.2) is 0 Å². The molecule has 0 spiro atoms. The molecule has 1 unspecified atom stereocenters. The van der Waals surface area contributed by atoms with Gasteiger partial charge in [-0.2, -0.15) is 13.2 Å². The van der Waals surface area contributed by atoms with Gasteiger partial charge in [-0.3, -0.25) is 0 Å². The van der Waals surface area contributed by atoms with Gasteiger partial charge in [-0.1, -0.05) is 24.3 Å². The maximum Gasteiger partial charge on any atom is 0.417 e. The summed E-state index contributed by atoms with van der Waals surface area (Å²) in [6.07, 6.45) is -4.83. The lowest BCUT2D eigenvalue weighted by Gasteiger charge is -2.34. The first-order valence-electron chi connectivity index (χ1n) is 4.78. The lowest BCUT2D eigenvalue weighted by atomic mass is 9.80. The van der Waals surface area contributed by atoms with E-state index in [0.29, 0.717) is 5.56 Å². The molecule has 1 nitrogen and oxygen atoms in total. The van der Waals surface area contributed by atoms with Crippen LogP contribution in [-0.2, 0) is 12.8 Å². The molecule has 0 amide bonds. The Morgan fingerprint density at radius 2 is 1.73 bits per heavy atom. The minimum absolute atomic E-state index is 0.243. The van der Waals surface area contributed by atoms with E-state index in [0.717, 1.165) is 5.56 Å². The third-order valence-corrected chi connectivity index (χ3v) is 2.94. The van der Waals surface area contributed by atoms with Crippen LogP contribution in [0, 0.1) is 0 Å². The van der Waals surface area contributed by atoms with Gasteiger partial charge in [0.05, 0.1) is 0 Å². The Morgan fingerprint density at radius 3 is 2.33 bits per heavy atom. The highest BCUT2D eigenvalue weighted by Crippen LogP contribution is 2.40. The molecule has 1 aliphatic rings. The van der Waals surface area contributed by atoms with Crippen molar-refractivity contribution in [2.45, 2.75) is 31.0 Å². The van der Waals surface area contributed by atoms with Crippen LogP contribution in [-0.4, -0.2) is 16.9 Å². The number of hydrogen-bond acceptors (Lipinski definition) is 1. The third kappa shape index (κ3) is 1.74. The number of fused-ring (bicyclic) bond motifs is 1. The van der Waals surface area contributed by atoms with Crippen LogP contribution < -0.4 is 0 Å². The summed E-state index contributed by atoms with van der Waals surface area (Å²) >= 11 is 0. The molecule has 1 aliphatic carbocycles. The summed E-state index contributed by atoms with van der Waals surface area (Å²) in [4.78, 5) is 0. The third-order valence-electron chi connectivity index (χ3n) is 2.94. The maximum atomic E-state index is 12.6. The van der Waals surface area contributed by atoms with Gasteiger partial charge in [0.25, 0.3) is 0 Å².